The van der Waals surface area contributed by atoms with Gasteiger partial charge in [-0.1, -0.05) is 0 Å². The number of amides is 2. The molecule has 0 radical (unpaired) electrons. The molecule has 0 aliphatic heterocycles. The van der Waals surface area contributed by atoms with Crippen molar-refractivity contribution in [2.75, 3.05) is 24.2 Å². The molecule has 1 aliphatic rings. The number of rotatable bonds is 7. The van der Waals surface area contributed by atoms with Crippen LogP contribution in [0.2, 0.25) is 0 Å². The molecule has 0 saturated heterocycles. The predicted molar refractivity (Wildman–Crippen MR) is 108 cm³/mol. The highest BCUT2D eigenvalue weighted by Crippen LogP contribution is 2.30. The van der Waals surface area contributed by atoms with Crippen LogP contribution in [0.15, 0.2) is 24.7 Å². The van der Waals surface area contributed by atoms with Crippen molar-refractivity contribution in [1.29, 1.82) is 5.26 Å². The lowest BCUT2D eigenvalue weighted by Crippen LogP contribution is -2.43. The van der Waals surface area contributed by atoms with Gasteiger partial charge in [0.25, 0.3) is 0 Å². The lowest BCUT2D eigenvalue weighted by molar-refractivity contribution is -0.158. The summed E-state index contributed by atoms with van der Waals surface area (Å²) in [6, 6.07) is 2.33. The molecule has 2 amide bonds. The summed E-state index contributed by atoms with van der Waals surface area (Å²) in [4.78, 5) is 37.0. The van der Waals surface area contributed by atoms with Gasteiger partial charge in [0.15, 0.2) is 11.5 Å². The Hall–Kier alpha value is -3.75. The van der Waals surface area contributed by atoms with Gasteiger partial charge in [0, 0.05) is 24.7 Å². The van der Waals surface area contributed by atoms with Crippen LogP contribution in [0, 0.1) is 17.2 Å². The molecule has 168 valence electrons. The highest BCUT2D eigenvalue weighted by Gasteiger charge is 2.33. The number of alkyl halides is 3. The normalized spacial score (nSPS) is 14.2. The van der Waals surface area contributed by atoms with E-state index in [1.54, 1.807) is 0 Å². The fraction of sp³-hybridized carbons (Fsp3) is 0.400. The first-order valence-corrected chi connectivity index (χ1v) is 9.69. The molecule has 2 aromatic heterocycles. The smallest absolute Gasteiger partial charge is 0.372 e. The van der Waals surface area contributed by atoms with E-state index in [9.17, 15) is 28.0 Å². The maximum absolute atomic E-state index is 12.6. The highest BCUT2D eigenvalue weighted by atomic mass is 19.4. The maximum atomic E-state index is 12.6. The van der Waals surface area contributed by atoms with Gasteiger partial charge in [-0.15, -0.1) is 0 Å². The van der Waals surface area contributed by atoms with Gasteiger partial charge in [0.05, 0.1) is 23.8 Å². The predicted octanol–water partition coefficient (Wildman–Crippen LogP) is 2.58. The largest absolute Gasteiger partial charge is 0.406 e. The topological polar surface area (TPSA) is 124 Å². The zero-order valence-corrected chi connectivity index (χ0v) is 17.3. The quantitative estimate of drug-likeness (QED) is 0.669. The zero-order chi connectivity index (χ0) is 23.5. The molecule has 1 fully saturated rings. The van der Waals surface area contributed by atoms with E-state index < -0.39 is 24.7 Å². The van der Waals surface area contributed by atoms with E-state index in [1.807, 2.05) is 6.07 Å². The number of hydrogen-bond acceptors (Lipinski definition) is 7. The third kappa shape index (κ3) is 5.90. The zero-order valence-electron chi connectivity index (χ0n) is 17.3. The third-order valence-corrected chi connectivity index (χ3v) is 4.68. The number of anilines is 2. The van der Waals surface area contributed by atoms with Crippen molar-refractivity contribution in [3.8, 4) is 17.3 Å². The first-order valence-electron chi connectivity index (χ1n) is 9.69. The number of nitrogens with one attached hydrogen (secondary N) is 2. The molecule has 9 nitrogen and oxygen atoms in total. The Bertz CT molecular complexity index is 1050. The van der Waals surface area contributed by atoms with Crippen molar-refractivity contribution >= 4 is 23.3 Å². The summed E-state index contributed by atoms with van der Waals surface area (Å²) in [7, 11) is 1.05. The van der Waals surface area contributed by atoms with Crippen LogP contribution in [0.1, 0.15) is 25.5 Å². The summed E-state index contributed by atoms with van der Waals surface area (Å²) in [6.45, 7) is 0.000651. The molecule has 0 spiro atoms. The average molecular weight is 447 g/mol. The van der Waals surface area contributed by atoms with Crippen molar-refractivity contribution < 1.29 is 22.8 Å². The molecule has 2 heterocycles. The lowest BCUT2D eigenvalue weighted by Gasteiger charge is -2.24. The number of carbonyl (C=O) groups excluding carboxylic acids is 2. The molecular weight excluding hydrogens is 427 g/mol. The van der Waals surface area contributed by atoms with E-state index in [-0.39, 0.29) is 23.2 Å². The fourth-order valence-electron chi connectivity index (χ4n) is 2.89. The van der Waals surface area contributed by atoms with Crippen LogP contribution in [0.4, 0.5) is 24.7 Å². The summed E-state index contributed by atoms with van der Waals surface area (Å²) in [5.74, 6) is -0.579. The summed E-state index contributed by atoms with van der Waals surface area (Å²) in [5.41, 5.74) is 0.984. The number of hydrogen-bond donors (Lipinski definition) is 2. The number of aromatic nitrogens is 3. The Balaban J connectivity index is 1.74. The van der Waals surface area contributed by atoms with E-state index in [1.165, 1.54) is 31.6 Å². The minimum Gasteiger partial charge on any atom is -0.372 e. The van der Waals surface area contributed by atoms with Crippen LogP contribution in [0.5, 0.6) is 0 Å². The number of nitriles is 1. The minimum absolute atomic E-state index is 0.0210. The second-order valence-corrected chi connectivity index (χ2v) is 7.46. The summed E-state index contributed by atoms with van der Waals surface area (Å²) in [5, 5.41) is 14.7. The molecule has 1 unspecified atom stereocenters. The van der Waals surface area contributed by atoms with E-state index in [4.69, 9.17) is 0 Å². The Kier molecular flexibility index (Phi) is 6.57. The summed E-state index contributed by atoms with van der Waals surface area (Å²) >= 11 is 0. The van der Waals surface area contributed by atoms with Crippen molar-refractivity contribution in [3.05, 3.63) is 30.4 Å². The molecule has 1 saturated carbocycles. The van der Waals surface area contributed by atoms with Gasteiger partial charge in [-0.3, -0.25) is 14.6 Å². The molecule has 1 aliphatic carbocycles. The Morgan fingerprint density at radius 1 is 1.25 bits per heavy atom. The molecule has 2 aromatic rings. The Morgan fingerprint density at radius 2 is 1.97 bits per heavy atom. The van der Waals surface area contributed by atoms with Gasteiger partial charge in [-0.05, 0) is 25.8 Å². The molecule has 12 heteroatoms. The number of pyridine rings is 1. The van der Waals surface area contributed by atoms with Gasteiger partial charge in [-0.25, -0.2) is 9.97 Å². The highest BCUT2D eigenvalue weighted by molar-refractivity contribution is 5.93. The van der Waals surface area contributed by atoms with Gasteiger partial charge in [0.2, 0.25) is 11.8 Å². The van der Waals surface area contributed by atoms with Gasteiger partial charge in [-0.2, -0.15) is 18.4 Å². The second-order valence-electron chi connectivity index (χ2n) is 7.46. The van der Waals surface area contributed by atoms with E-state index in [0.717, 1.165) is 19.9 Å². The molecule has 0 aromatic carbocycles. The van der Waals surface area contributed by atoms with Gasteiger partial charge < -0.3 is 15.5 Å². The molecule has 0 bridgehead atoms. The number of halogens is 3. The van der Waals surface area contributed by atoms with Crippen LogP contribution in [0.3, 0.4) is 0 Å². The SMILES string of the molecule is CC(Nc1cc(-c2cnc(NC(=O)C3CC3)cn2)cnc1C#N)C(=O)N(C)CC(F)(F)F. The fourth-order valence-corrected chi connectivity index (χ4v) is 2.89. The van der Waals surface area contributed by atoms with Gasteiger partial charge >= 0.3 is 6.18 Å². The number of nitrogens with zero attached hydrogens (tertiary/aromatic N) is 5. The van der Waals surface area contributed by atoms with Crippen LogP contribution in [-0.2, 0) is 9.59 Å². The van der Waals surface area contributed by atoms with Crippen LogP contribution >= 0.6 is 0 Å². The number of likely N-dealkylation sites (N-methyl/N-ethyl adjacent to an activating group) is 1. The molecule has 32 heavy (non-hydrogen) atoms. The first kappa shape index (κ1) is 22.9. The minimum atomic E-state index is -4.52. The lowest BCUT2D eigenvalue weighted by atomic mass is 10.1. The summed E-state index contributed by atoms with van der Waals surface area (Å²) in [6.07, 6.45) is 1.39. The summed E-state index contributed by atoms with van der Waals surface area (Å²) < 4.78 is 37.7. The standard InChI is InChI=1S/C20H20F3N7O2/c1-11(19(32)30(2)10-20(21,22)23)28-14-5-13(7-25-15(14)6-24)16-8-27-17(9-26-16)29-18(31)12-3-4-12/h5,7-9,11-12,28H,3-4,10H2,1-2H3,(H,27,29,31). The Morgan fingerprint density at radius 3 is 2.53 bits per heavy atom. The second kappa shape index (κ2) is 9.17. The van der Waals surface area contributed by atoms with Crippen LogP contribution in [-0.4, -0.2) is 57.5 Å². The van der Waals surface area contributed by atoms with Crippen molar-refractivity contribution in [1.82, 2.24) is 19.9 Å². The molecule has 2 N–H and O–H groups in total. The van der Waals surface area contributed by atoms with E-state index in [0.29, 0.717) is 22.0 Å². The van der Waals surface area contributed by atoms with Crippen molar-refractivity contribution in [2.24, 2.45) is 5.92 Å². The van der Waals surface area contributed by atoms with Crippen LogP contribution < -0.4 is 10.6 Å². The average Bonchev–Trinajstić information content (AvgIpc) is 3.58. The van der Waals surface area contributed by atoms with E-state index >= 15 is 0 Å². The Labute approximate surface area is 181 Å². The monoisotopic (exact) mass is 447 g/mol. The third-order valence-electron chi connectivity index (χ3n) is 4.68. The molecular formula is C20H20F3N7O2. The van der Waals surface area contributed by atoms with Gasteiger partial charge in [0.1, 0.15) is 18.7 Å². The van der Waals surface area contributed by atoms with Crippen molar-refractivity contribution in [3.63, 3.8) is 0 Å². The first-order chi connectivity index (χ1) is 15.1. The maximum Gasteiger partial charge on any atom is 0.406 e. The molecule has 1 atom stereocenters. The number of carbonyl (C=O) groups is 2. The van der Waals surface area contributed by atoms with Crippen molar-refractivity contribution in [2.45, 2.75) is 32.0 Å². The van der Waals surface area contributed by atoms with Crippen LogP contribution in [0.25, 0.3) is 11.3 Å². The molecule has 3 rings (SSSR count). The van der Waals surface area contributed by atoms with E-state index in [2.05, 4.69) is 25.6 Å².